The Bertz CT molecular complexity index is 1370. The third kappa shape index (κ3) is 3.99. The second kappa shape index (κ2) is 9.18. The number of hydrogen-bond donors (Lipinski definition) is 1. The highest BCUT2D eigenvalue weighted by Gasteiger charge is 2.45. The SMILES string of the molecule is CCN1C(=O)C(NC(=O)c2ccccc2)C(c2ccc(F)cc2)c2c(C)nn(-c3ccccc3)c21. The van der Waals surface area contributed by atoms with Crippen LogP contribution in [0.5, 0.6) is 0 Å². The highest BCUT2D eigenvalue weighted by Crippen LogP contribution is 2.43. The molecule has 2 heterocycles. The van der Waals surface area contributed by atoms with E-state index < -0.39 is 12.0 Å². The number of nitrogens with one attached hydrogen (secondary N) is 1. The minimum atomic E-state index is -0.882. The van der Waals surface area contributed by atoms with Crippen molar-refractivity contribution in [2.75, 3.05) is 11.4 Å². The van der Waals surface area contributed by atoms with Crippen molar-refractivity contribution < 1.29 is 14.0 Å². The molecule has 35 heavy (non-hydrogen) atoms. The van der Waals surface area contributed by atoms with Gasteiger partial charge in [-0.1, -0.05) is 48.5 Å². The standard InChI is InChI=1S/C28H25FN4O2/c1-3-32-27-23(18(2)31-33(27)22-12-8-5-9-13-22)24(19-14-16-21(29)17-15-19)25(28(32)35)30-26(34)20-10-6-4-7-11-20/h4-17,24-25H,3H2,1-2H3,(H,30,34). The van der Waals surface area contributed by atoms with Gasteiger partial charge in [-0.15, -0.1) is 0 Å². The molecule has 1 aliphatic rings. The average molecular weight is 469 g/mol. The van der Waals surface area contributed by atoms with Crippen LogP contribution in [0, 0.1) is 12.7 Å². The summed E-state index contributed by atoms with van der Waals surface area (Å²) in [7, 11) is 0. The second-order valence-electron chi connectivity index (χ2n) is 8.50. The van der Waals surface area contributed by atoms with Crippen LogP contribution in [0.1, 0.15) is 40.0 Å². The number of aromatic nitrogens is 2. The highest BCUT2D eigenvalue weighted by molar-refractivity contribution is 6.05. The van der Waals surface area contributed by atoms with Crippen molar-refractivity contribution >= 4 is 17.6 Å². The van der Waals surface area contributed by atoms with Crippen LogP contribution in [0.4, 0.5) is 10.2 Å². The lowest BCUT2D eigenvalue weighted by atomic mass is 9.81. The molecular weight excluding hydrogens is 443 g/mol. The number of amides is 2. The predicted octanol–water partition coefficient (Wildman–Crippen LogP) is 4.62. The summed E-state index contributed by atoms with van der Waals surface area (Å²) in [5, 5.41) is 7.76. The maximum absolute atomic E-state index is 13.9. The molecule has 4 aromatic rings. The minimum absolute atomic E-state index is 0.240. The number of benzene rings is 3. The van der Waals surface area contributed by atoms with Gasteiger partial charge >= 0.3 is 0 Å². The monoisotopic (exact) mass is 468 g/mol. The van der Waals surface area contributed by atoms with Crippen molar-refractivity contribution in [2.24, 2.45) is 0 Å². The number of aryl methyl sites for hydroxylation is 1. The number of fused-ring (bicyclic) bond motifs is 1. The molecule has 1 aliphatic heterocycles. The first-order chi connectivity index (χ1) is 17.0. The van der Waals surface area contributed by atoms with Gasteiger partial charge in [0.15, 0.2) is 0 Å². The Morgan fingerprint density at radius 1 is 0.971 bits per heavy atom. The molecule has 0 saturated carbocycles. The van der Waals surface area contributed by atoms with Gasteiger partial charge < -0.3 is 5.32 Å². The van der Waals surface area contributed by atoms with Crippen LogP contribution < -0.4 is 10.2 Å². The summed E-state index contributed by atoms with van der Waals surface area (Å²) < 4.78 is 15.6. The van der Waals surface area contributed by atoms with Gasteiger partial charge in [0.05, 0.1) is 11.4 Å². The van der Waals surface area contributed by atoms with E-state index in [1.165, 1.54) is 12.1 Å². The number of para-hydroxylation sites is 1. The predicted molar refractivity (Wildman–Crippen MR) is 132 cm³/mol. The largest absolute Gasteiger partial charge is 0.339 e. The molecule has 2 amide bonds. The fraction of sp³-hybridized carbons (Fsp3) is 0.179. The van der Waals surface area contributed by atoms with Crippen molar-refractivity contribution in [1.82, 2.24) is 15.1 Å². The van der Waals surface area contributed by atoms with Gasteiger partial charge in [0.1, 0.15) is 17.7 Å². The summed E-state index contributed by atoms with van der Waals surface area (Å²) in [4.78, 5) is 28.7. The number of rotatable bonds is 5. The molecule has 1 aromatic heterocycles. The van der Waals surface area contributed by atoms with E-state index in [9.17, 15) is 14.0 Å². The van der Waals surface area contributed by atoms with Crippen molar-refractivity contribution in [1.29, 1.82) is 0 Å². The smallest absolute Gasteiger partial charge is 0.251 e. The average Bonchev–Trinajstić information content (AvgIpc) is 3.23. The lowest BCUT2D eigenvalue weighted by Crippen LogP contribution is -2.55. The molecule has 5 rings (SSSR count). The maximum atomic E-state index is 13.9. The third-order valence-electron chi connectivity index (χ3n) is 6.38. The van der Waals surface area contributed by atoms with E-state index in [-0.39, 0.29) is 17.6 Å². The maximum Gasteiger partial charge on any atom is 0.251 e. The van der Waals surface area contributed by atoms with E-state index >= 15 is 0 Å². The molecule has 176 valence electrons. The first-order valence-electron chi connectivity index (χ1n) is 11.6. The van der Waals surface area contributed by atoms with Gasteiger partial charge in [0.2, 0.25) is 0 Å². The van der Waals surface area contributed by atoms with E-state index in [2.05, 4.69) is 5.32 Å². The number of nitrogens with zero attached hydrogens (tertiary/aromatic N) is 3. The van der Waals surface area contributed by atoms with E-state index in [0.29, 0.717) is 17.9 Å². The zero-order valence-electron chi connectivity index (χ0n) is 19.5. The first kappa shape index (κ1) is 22.5. The molecule has 0 fully saturated rings. The van der Waals surface area contributed by atoms with Crippen LogP contribution in [0.2, 0.25) is 0 Å². The Kier molecular flexibility index (Phi) is 5.91. The first-order valence-corrected chi connectivity index (χ1v) is 11.6. The lowest BCUT2D eigenvalue weighted by molar-refractivity contribution is -0.121. The molecule has 1 N–H and O–H groups in total. The van der Waals surface area contributed by atoms with Crippen LogP contribution in [0.3, 0.4) is 0 Å². The molecule has 3 aromatic carbocycles. The number of anilines is 1. The van der Waals surface area contributed by atoms with Crippen molar-refractivity contribution in [2.45, 2.75) is 25.8 Å². The van der Waals surface area contributed by atoms with Crippen LogP contribution >= 0.6 is 0 Å². The molecule has 0 aliphatic carbocycles. The Morgan fingerprint density at radius 3 is 2.23 bits per heavy atom. The summed E-state index contributed by atoms with van der Waals surface area (Å²) in [5.41, 5.74) is 3.59. The number of carbonyl (C=O) groups excluding carboxylic acids is 2. The van der Waals surface area contributed by atoms with Crippen molar-refractivity contribution in [3.63, 3.8) is 0 Å². The van der Waals surface area contributed by atoms with Gasteiger partial charge in [-0.05, 0) is 55.8 Å². The fourth-order valence-electron chi connectivity index (χ4n) is 4.78. The van der Waals surface area contributed by atoms with Crippen LogP contribution in [0.25, 0.3) is 5.69 Å². The van der Waals surface area contributed by atoms with Gasteiger partial charge in [-0.3, -0.25) is 14.5 Å². The highest BCUT2D eigenvalue weighted by atomic mass is 19.1. The number of likely N-dealkylation sites (N-methyl/N-ethyl adjacent to an activating group) is 1. The van der Waals surface area contributed by atoms with Gasteiger partial charge in [0, 0.05) is 23.6 Å². The molecular formula is C28H25FN4O2. The van der Waals surface area contributed by atoms with Gasteiger partial charge in [-0.25, -0.2) is 9.07 Å². The molecule has 6 nitrogen and oxygen atoms in total. The Labute approximate surface area is 203 Å². The summed E-state index contributed by atoms with van der Waals surface area (Å²) in [5.74, 6) is -0.820. The van der Waals surface area contributed by atoms with Crippen LogP contribution in [-0.4, -0.2) is 34.2 Å². The van der Waals surface area contributed by atoms with Gasteiger partial charge in [0.25, 0.3) is 11.8 Å². The number of hydrogen-bond acceptors (Lipinski definition) is 3. The zero-order chi connectivity index (χ0) is 24.5. The normalized spacial score (nSPS) is 17.2. The summed E-state index contributed by atoms with van der Waals surface area (Å²) in [6.07, 6.45) is 0. The van der Waals surface area contributed by atoms with Crippen LogP contribution in [0.15, 0.2) is 84.9 Å². The number of carbonyl (C=O) groups is 2. The molecule has 0 radical (unpaired) electrons. The minimum Gasteiger partial charge on any atom is -0.339 e. The van der Waals surface area contributed by atoms with E-state index in [4.69, 9.17) is 5.10 Å². The molecule has 7 heteroatoms. The number of halogens is 1. The van der Waals surface area contributed by atoms with Crippen molar-refractivity contribution in [3.8, 4) is 5.69 Å². The van der Waals surface area contributed by atoms with E-state index in [1.54, 1.807) is 46.0 Å². The second-order valence-corrected chi connectivity index (χ2v) is 8.50. The Hall–Kier alpha value is -4.26. The zero-order valence-corrected chi connectivity index (χ0v) is 19.5. The van der Waals surface area contributed by atoms with Gasteiger partial charge in [-0.2, -0.15) is 5.10 Å². The quantitative estimate of drug-likeness (QED) is 0.465. The summed E-state index contributed by atoms with van der Waals surface area (Å²) in [6.45, 7) is 4.19. The summed E-state index contributed by atoms with van der Waals surface area (Å²) >= 11 is 0. The Balaban J connectivity index is 1.69. The molecule has 0 spiro atoms. The van der Waals surface area contributed by atoms with E-state index in [1.807, 2.05) is 50.2 Å². The molecule has 0 bridgehead atoms. The molecule has 0 saturated heterocycles. The van der Waals surface area contributed by atoms with E-state index in [0.717, 1.165) is 22.5 Å². The topological polar surface area (TPSA) is 67.2 Å². The lowest BCUT2D eigenvalue weighted by Gasteiger charge is -2.38. The third-order valence-corrected chi connectivity index (χ3v) is 6.38. The van der Waals surface area contributed by atoms with Crippen LogP contribution in [-0.2, 0) is 4.79 Å². The molecule has 2 atom stereocenters. The van der Waals surface area contributed by atoms with Crippen molar-refractivity contribution in [3.05, 3.63) is 113 Å². The fourth-order valence-corrected chi connectivity index (χ4v) is 4.78. The summed E-state index contributed by atoms with van der Waals surface area (Å²) in [6, 6.07) is 23.6. The molecule has 2 unspecified atom stereocenters. The Morgan fingerprint density at radius 2 is 1.60 bits per heavy atom.